The fourth-order valence-corrected chi connectivity index (χ4v) is 2.68. The molecule has 0 aromatic heterocycles. The first-order valence-electron chi connectivity index (χ1n) is 6.49. The first-order chi connectivity index (χ1) is 9.02. The minimum atomic E-state index is -2.51. The van der Waals surface area contributed by atoms with E-state index in [0.29, 0.717) is 13.0 Å². The van der Waals surface area contributed by atoms with Crippen LogP contribution in [0.15, 0.2) is 0 Å². The van der Waals surface area contributed by atoms with Gasteiger partial charge in [0.25, 0.3) is 6.43 Å². The van der Waals surface area contributed by atoms with Crippen molar-refractivity contribution < 1.29 is 23.1 Å². The highest BCUT2D eigenvalue weighted by Gasteiger charge is 2.45. The van der Waals surface area contributed by atoms with Crippen molar-refractivity contribution in [1.82, 2.24) is 9.80 Å². The summed E-state index contributed by atoms with van der Waals surface area (Å²) in [5, 5.41) is 0. The summed E-state index contributed by atoms with van der Waals surface area (Å²) in [4.78, 5) is 27.4. The van der Waals surface area contributed by atoms with Gasteiger partial charge in [0.1, 0.15) is 18.7 Å². The molecule has 2 unspecified atom stereocenters. The molecule has 2 aliphatic rings. The Balaban J connectivity index is 1.92. The van der Waals surface area contributed by atoms with Crippen molar-refractivity contribution in [2.75, 3.05) is 26.3 Å². The minimum Gasteiger partial charge on any atom is -0.374 e. The average Bonchev–Trinajstić information content (AvgIpc) is 2.84. The van der Waals surface area contributed by atoms with Gasteiger partial charge in [-0.25, -0.2) is 8.78 Å². The Morgan fingerprint density at radius 2 is 2.11 bits per heavy atom. The zero-order valence-electron chi connectivity index (χ0n) is 10.8. The van der Waals surface area contributed by atoms with Crippen LogP contribution < -0.4 is 0 Å². The minimum absolute atomic E-state index is 0.0282. The van der Waals surface area contributed by atoms with Crippen LogP contribution >= 0.6 is 0 Å². The third-order valence-electron chi connectivity index (χ3n) is 3.65. The van der Waals surface area contributed by atoms with Crippen molar-refractivity contribution in [2.45, 2.75) is 38.3 Å². The molecule has 2 saturated heterocycles. The topological polar surface area (TPSA) is 49.9 Å². The quantitative estimate of drug-likeness (QED) is 0.687. The highest BCUT2D eigenvalue weighted by Crippen LogP contribution is 2.26. The van der Waals surface area contributed by atoms with Crippen LogP contribution in [0.25, 0.3) is 0 Å². The van der Waals surface area contributed by atoms with Gasteiger partial charge in [-0.2, -0.15) is 0 Å². The molecule has 108 valence electrons. The summed E-state index contributed by atoms with van der Waals surface area (Å²) in [6.45, 7) is 1.88. The molecule has 0 N–H and O–H groups in total. The lowest BCUT2D eigenvalue weighted by Gasteiger charge is -2.40. The summed E-state index contributed by atoms with van der Waals surface area (Å²) in [7, 11) is 0. The van der Waals surface area contributed by atoms with Gasteiger partial charge < -0.3 is 14.5 Å². The third-order valence-corrected chi connectivity index (χ3v) is 3.65. The molecule has 0 saturated carbocycles. The smallest absolute Gasteiger partial charge is 0.261 e. The van der Waals surface area contributed by atoms with Crippen LogP contribution in [0, 0.1) is 0 Å². The van der Waals surface area contributed by atoms with E-state index in [2.05, 4.69) is 0 Å². The molecule has 0 radical (unpaired) electrons. The van der Waals surface area contributed by atoms with E-state index in [4.69, 9.17) is 4.74 Å². The van der Waals surface area contributed by atoms with E-state index in [-0.39, 0.29) is 31.0 Å². The van der Waals surface area contributed by atoms with Gasteiger partial charge in [-0.05, 0) is 19.8 Å². The molecule has 2 aliphatic heterocycles. The normalized spacial score (nSPS) is 27.4. The van der Waals surface area contributed by atoms with Gasteiger partial charge in [-0.15, -0.1) is 0 Å². The van der Waals surface area contributed by atoms with E-state index in [0.717, 1.165) is 6.42 Å². The Morgan fingerprint density at radius 1 is 1.37 bits per heavy atom. The highest BCUT2D eigenvalue weighted by atomic mass is 19.3. The fourth-order valence-electron chi connectivity index (χ4n) is 2.68. The molecule has 7 heteroatoms. The number of rotatable bonds is 5. The van der Waals surface area contributed by atoms with Crippen molar-refractivity contribution in [3.05, 3.63) is 0 Å². The molecule has 0 aliphatic carbocycles. The van der Waals surface area contributed by atoms with Crippen LogP contribution in [0.3, 0.4) is 0 Å². The largest absolute Gasteiger partial charge is 0.374 e. The number of amides is 2. The highest BCUT2D eigenvalue weighted by molar-refractivity contribution is 5.97. The fraction of sp³-hybridized carbons (Fsp3) is 0.833. The first-order valence-corrected chi connectivity index (χ1v) is 6.49. The lowest BCUT2D eigenvalue weighted by molar-refractivity contribution is -0.159. The van der Waals surface area contributed by atoms with Crippen LogP contribution in [0.5, 0.6) is 0 Å². The molecule has 0 aromatic carbocycles. The Labute approximate surface area is 110 Å². The number of hydrogen-bond donors (Lipinski definition) is 0. The average molecular weight is 276 g/mol. The second-order valence-electron chi connectivity index (χ2n) is 4.86. The second-order valence-corrected chi connectivity index (χ2v) is 4.86. The van der Waals surface area contributed by atoms with Crippen LogP contribution in [-0.2, 0) is 14.3 Å². The standard InChI is InChI=1S/C12H18F2N2O3/c1-8-11(17)16-4-2-3-9(16)12(18)15(8)5-6-19-7-10(13)14/h8-10H,2-7H2,1H3. The van der Waals surface area contributed by atoms with Crippen molar-refractivity contribution >= 4 is 11.8 Å². The zero-order valence-corrected chi connectivity index (χ0v) is 10.8. The van der Waals surface area contributed by atoms with E-state index in [1.807, 2.05) is 0 Å². The molecule has 0 spiro atoms. The maximum absolute atomic E-state index is 12.2. The van der Waals surface area contributed by atoms with E-state index < -0.39 is 19.1 Å². The van der Waals surface area contributed by atoms with Crippen molar-refractivity contribution in [3.8, 4) is 0 Å². The van der Waals surface area contributed by atoms with Gasteiger partial charge in [0.05, 0.1) is 6.61 Å². The van der Waals surface area contributed by atoms with E-state index in [1.54, 1.807) is 11.8 Å². The molecular formula is C12H18F2N2O3. The van der Waals surface area contributed by atoms with Gasteiger partial charge in [-0.3, -0.25) is 9.59 Å². The van der Waals surface area contributed by atoms with Gasteiger partial charge in [0, 0.05) is 13.1 Å². The van der Waals surface area contributed by atoms with E-state index >= 15 is 0 Å². The van der Waals surface area contributed by atoms with E-state index in [1.165, 1.54) is 4.90 Å². The number of hydrogen-bond acceptors (Lipinski definition) is 3. The van der Waals surface area contributed by atoms with Crippen LogP contribution in [0.2, 0.25) is 0 Å². The SMILES string of the molecule is CC1C(=O)N2CCCC2C(=O)N1CCOCC(F)F. The number of alkyl halides is 2. The number of ether oxygens (including phenoxy) is 1. The van der Waals surface area contributed by atoms with Gasteiger partial charge in [-0.1, -0.05) is 0 Å². The molecule has 2 fully saturated rings. The van der Waals surface area contributed by atoms with E-state index in [9.17, 15) is 18.4 Å². The first kappa shape index (κ1) is 14.2. The maximum atomic E-state index is 12.2. The number of piperazine rings is 1. The molecule has 2 amide bonds. The Hall–Kier alpha value is -1.24. The number of fused-ring (bicyclic) bond motifs is 1. The predicted molar refractivity (Wildman–Crippen MR) is 62.7 cm³/mol. The molecule has 0 aromatic rings. The van der Waals surface area contributed by atoms with Crippen LogP contribution in [0.4, 0.5) is 8.78 Å². The van der Waals surface area contributed by atoms with Gasteiger partial charge in [0.2, 0.25) is 11.8 Å². The van der Waals surface area contributed by atoms with Crippen molar-refractivity contribution in [2.24, 2.45) is 0 Å². The lowest BCUT2D eigenvalue weighted by Crippen LogP contribution is -2.62. The number of carbonyl (C=O) groups is 2. The Morgan fingerprint density at radius 3 is 2.79 bits per heavy atom. The maximum Gasteiger partial charge on any atom is 0.261 e. The second kappa shape index (κ2) is 5.81. The summed E-state index contributed by atoms with van der Waals surface area (Å²) in [5.74, 6) is -0.152. The van der Waals surface area contributed by atoms with Gasteiger partial charge in [0.15, 0.2) is 0 Å². The van der Waals surface area contributed by atoms with Crippen LogP contribution in [-0.4, -0.2) is 66.4 Å². The molecular weight excluding hydrogens is 258 g/mol. The molecule has 2 heterocycles. The summed E-state index contributed by atoms with van der Waals surface area (Å²) >= 11 is 0. The van der Waals surface area contributed by atoms with Gasteiger partial charge >= 0.3 is 0 Å². The molecule has 2 atom stereocenters. The molecule has 5 nitrogen and oxygen atoms in total. The number of halogens is 2. The number of nitrogens with zero attached hydrogens (tertiary/aromatic N) is 2. The molecule has 0 bridgehead atoms. The molecule has 2 rings (SSSR count). The third kappa shape index (κ3) is 2.86. The predicted octanol–water partition coefficient (Wildman–Crippen LogP) is 0.490. The summed E-state index contributed by atoms with van der Waals surface area (Å²) in [6, 6.07) is -0.893. The Kier molecular flexibility index (Phi) is 4.34. The monoisotopic (exact) mass is 276 g/mol. The zero-order chi connectivity index (χ0) is 14.0. The summed E-state index contributed by atoms with van der Waals surface area (Å²) < 4.78 is 28.6. The molecule has 19 heavy (non-hydrogen) atoms. The van der Waals surface area contributed by atoms with Crippen molar-refractivity contribution in [3.63, 3.8) is 0 Å². The number of carbonyl (C=O) groups excluding carboxylic acids is 2. The van der Waals surface area contributed by atoms with Crippen molar-refractivity contribution in [1.29, 1.82) is 0 Å². The summed E-state index contributed by atoms with van der Waals surface area (Å²) in [6.07, 6.45) is -0.988. The Bertz CT molecular complexity index is 365. The summed E-state index contributed by atoms with van der Waals surface area (Å²) in [5.41, 5.74) is 0. The lowest BCUT2D eigenvalue weighted by atomic mass is 10.1. The van der Waals surface area contributed by atoms with Crippen LogP contribution in [0.1, 0.15) is 19.8 Å².